The summed E-state index contributed by atoms with van der Waals surface area (Å²) in [4.78, 5) is 11.7. The number of aryl methyl sites for hydroxylation is 1. The van der Waals surface area contributed by atoms with Gasteiger partial charge in [0.05, 0.1) is 5.75 Å². The molecule has 128 valence electrons. The van der Waals surface area contributed by atoms with Gasteiger partial charge in [-0.05, 0) is 25.3 Å². The van der Waals surface area contributed by atoms with Gasteiger partial charge in [0.15, 0.2) is 0 Å². The first-order chi connectivity index (χ1) is 10.8. The standard InChI is InChI=1S/C17H26N2O3S/c1-13(2)17(20)18-16-8-10-19(11-9-16)23(21,22)12-15-6-4-14(3)5-7-15/h4-7,13,16H,8-12H2,1-3H3,(H,18,20). The van der Waals surface area contributed by atoms with E-state index in [0.29, 0.717) is 25.9 Å². The highest BCUT2D eigenvalue weighted by Crippen LogP contribution is 2.18. The molecule has 1 aliphatic heterocycles. The van der Waals surface area contributed by atoms with Crippen molar-refractivity contribution in [3.8, 4) is 0 Å². The van der Waals surface area contributed by atoms with Crippen molar-refractivity contribution in [1.29, 1.82) is 0 Å². The highest BCUT2D eigenvalue weighted by Gasteiger charge is 2.29. The molecule has 0 aliphatic carbocycles. The fourth-order valence-electron chi connectivity index (χ4n) is 2.63. The summed E-state index contributed by atoms with van der Waals surface area (Å²) in [5.41, 5.74) is 1.93. The lowest BCUT2D eigenvalue weighted by atomic mass is 10.1. The van der Waals surface area contributed by atoms with Crippen LogP contribution in [0.2, 0.25) is 0 Å². The van der Waals surface area contributed by atoms with Crippen LogP contribution in [0.5, 0.6) is 0 Å². The molecule has 1 amide bonds. The summed E-state index contributed by atoms with van der Waals surface area (Å²) < 4.78 is 26.6. The number of carbonyl (C=O) groups excluding carboxylic acids is 1. The van der Waals surface area contributed by atoms with Crippen LogP contribution in [0.3, 0.4) is 0 Å². The van der Waals surface area contributed by atoms with Gasteiger partial charge in [0.1, 0.15) is 0 Å². The van der Waals surface area contributed by atoms with E-state index >= 15 is 0 Å². The van der Waals surface area contributed by atoms with Gasteiger partial charge in [0, 0.05) is 25.0 Å². The van der Waals surface area contributed by atoms with E-state index in [-0.39, 0.29) is 23.6 Å². The minimum Gasteiger partial charge on any atom is -0.353 e. The number of rotatable bonds is 5. The Bertz CT molecular complexity index is 630. The first-order valence-electron chi connectivity index (χ1n) is 8.11. The Labute approximate surface area is 139 Å². The average molecular weight is 338 g/mol. The van der Waals surface area contributed by atoms with Crippen LogP contribution >= 0.6 is 0 Å². The van der Waals surface area contributed by atoms with Gasteiger partial charge in [-0.2, -0.15) is 0 Å². The Balaban J connectivity index is 1.90. The van der Waals surface area contributed by atoms with E-state index in [0.717, 1.165) is 11.1 Å². The lowest BCUT2D eigenvalue weighted by Crippen LogP contribution is -2.47. The number of piperidine rings is 1. The van der Waals surface area contributed by atoms with Crippen molar-refractivity contribution in [3.05, 3.63) is 35.4 Å². The minimum atomic E-state index is -3.30. The molecule has 23 heavy (non-hydrogen) atoms. The molecule has 5 nitrogen and oxygen atoms in total. The Morgan fingerprint density at radius 2 is 1.78 bits per heavy atom. The van der Waals surface area contributed by atoms with Crippen LogP contribution in [0.15, 0.2) is 24.3 Å². The molecule has 1 heterocycles. The zero-order chi connectivity index (χ0) is 17.0. The van der Waals surface area contributed by atoms with Crippen LogP contribution in [-0.2, 0) is 20.6 Å². The molecule has 0 radical (unpaired) electrons. The van der Waals surface area contributed by atoms with Gasteiger partial charge in [-0.25, -0.2) is 12.7 Å². The average Bonchev–Trinajstić information content (AvgIpc) is 2.50. The first kappa shape index (κ1) is 17.9. The quantitative estimate of drug-likeness (QED) is 0.894. The van der Waals surface area contributed by atoms with Crippen LogP contribution in [-0.4, -0.2) is 37.8 Å². The number of benzene rings is 1. The van der Waals surface area contributed by atoms with Crippen molar-refractivity contribution in [2.45, 2.75) is 45.4 Å². The third-order valence-corrected chi connectivity index (χ3v) is 6.04. The van der Waals surface area contributed by atoms with E-state index in [2.05, 4.69) is 5.32 Å². The van der Waals surface area contributed by atoms with Gasteiger partial charge in [0.25, 0.3) is 0 Å². The van der Waals surface area contributed by atoms with Crippen molar-refractivity contribution in [2.75, 3.05) is 13.1 Å². The number of carbonyl (C=O) groups is 1. The molecule has 1 aromatic carbocycles. The number of nitrogens with one attached hydrogen (secondary N) is 1. The molecule has 0 bridgehead atoms. The zero-order valence-electron chi connectivity index (χ0n) is 14.1. The van der Waals surface area contributed by atoms with Crippen molar-refractivity contribution in [2.24, 2.45) is 5.92 Å². The van der Waals surface area contributed by atoms with Crippen LogP contribution in [0.1, 0.15) is 37.8 Å². The number of hydrogen-bond donors (Lipinski definition) is 1. The van der Waals surface area contributed by atoms with E-state index in [4.69, 9.17) is 0 Å². The Morgan fingerprint density at radius 1 is 1.22 bits per heavy atom. The van der Waals surface area contributed by atoms with Gasteiger partial charge in [-0.1, -0.05) is 43.7 Å². The van der Waals surface area contributed by atoms with Crippen LogP contribution in [0, 0.1) is 12.8 Å². The summed E-state index contributed by atoms with van der Waals surface area (Å²) in [6, 6.07) is 7.66. The molecule has 0 unspecified atom stereocenters. The van der Waals surface area contributed by atoms with E-state index in [1.807, 2.05) is 45.0 Å². The Kier molecular flexibility index (Phi) is 5.81. The molecular weight excluding hydrogens is 312 g/mol. The van der Waals surface area contributed by atoms with Crippen LogP contribution < -0.4 is 5.32 Å². The molecule has 0 saturated carbocycles. The first-order valence-corrected chi connectivity index (χ1v) is 9.72. The molecule has 6 heteroatoms. The van der Waals surface area contributed by atoms with Crippen molar-refractivity contribution in [3.63, 3.8) is 0 Å². The SMILES string of the molecule is Cc1ccc(CS(=O)(=O)N2CCC(NC(=O)C(C)C)CC2)cc1. The second kappa shape index (κ2) is 7.45. The second-order valence-corrected chi connectivity index (χ2v) is 8.55. The maximum atomic E-state index is 12.5. The Morgan fingerprint density at radius 3 is 2.30 bits per heavy atom. The van der Waals surface area contributed by atoms with Gasteiger partial charge >= 0.3 is 0 Å². The summed E-state index contributed by atoms with van der Waals surface area (Å²) in [6.45, 7) is 6.63. The van der Waals surface area contributed by atoms with Gasteiger partial charge in [-0.3, -0.25) is 4.79 Å². The van der Waals surface area contributed by atoms with E-state index in [9.17, 15) is 13.2 Å². The summed E-state index contributed by atoms with van der Waals surface area (Å²) in [7, 11) is -3.30. The van der Waals surface area contributed by atoms with Crippen molar-refractivity contribution in [1.82, 2.24) is 9.62 Å². The number of nitrogens with zero attached hydrogens (tertiary/aromatic N) is 1. The van der Waals surface area contributed by atoms with E-state index in [1.54, 1.807) is 4.31 Å². The highest BCUT2D eigenvalue weighted by molar-refractivity contribution is 7.88. The minimum absolute atomic E-state index is 0.0333. The summed E-state index contributed by atoms with van der Waals surface area (Å²) >= 11 is 0. The summed E-state index contributed by atoms with van der Waals surface area (Å²) in [5.74, 6) is 0.0281. The fourth-order valence-corrected chi connectivity index (χ4v) is 4.20. The lowest BCUT2D eigenvalue weighted by molar-refractivity contribution is -0.124. The normalized spacial score (nSPS) is 17.4. The summed E-state index contributed by atoms with van der Waals surface area (Å²) in [5, 5.41) is 2.99. The Hall–Kier alpha value is -1.40. The molecule has 1 aliphatic rings. The zero-order valence-corrected chi connectivity index (χ0v) is 14.9. The monoisotopic (exact) mass is 338 g/mol. The molecule has 1 aromatic rings. The second-order valence-electron chi connectivity index (χ2n) is 6.58. The number of sulfonamides is 1. The predicted molar refractivity (Wildman–Crippen MR) is 91.4 cm³/mol. The topological polar surface area (TPSA) is 66.5 Å². The number of amides is 1. The fraction of sp³-hybridized carbons (Fsp3) is 0.588. The largest absolute Gasteiger partial charge is 0.353 e. The molecule has 1 N–H and O–H groups in total. The molecule has 0 spiro atoms. The highest BCUT2D eigenvalue weighted by atomic mass is 32.2. The smallest absolute Gasteiger partial charge is 0.222 e. The van der Waals surface area contributed by atoms with Gasteiger partial charge < -0.3 is 5.32 Å². The maximum absolute atomic E-state index is 12.5. The molecule has 1 saturated heterocycles. The van der Waals surface area contributed by atoms with Gasteiger partial charge in [0.2, 0.25) is 15.9 Å². The van der Waals surface area contributed by atoms with E-state index < -0.39 is 10.0 Å². The molecule has 2 rings (SSSR count). The lowest BCUT2D eigenvalue weighted by Gasteiger charge is -2.32. The van der Waals surface area contributed by atoms with Crippen LogP contribution in [0.4, 0.5) is 0 Å². The van der Waals surface area contributed by atoms with Crippen molar-refractivity contribution < 1.29 is 13.2 Å². The van der Waals surface area contributed by atoms with Crippen molar-refractivity contribution >= 4 is 15.9 Å². The number of hydrogen-bond acceptors (Lipinski definition) is 3. The third kappa shape index (κ3) is 5.04. The van der Waals surface area contributed by atoms with Gasteiger partial charge in [-0.15, -0.1) is 0 Å². The van der Waals surface area contributed by atoms with Crippen LogP contribution in [0.25, 0.3) is 0 Å². The van der Waals surface area contributed by atoms with E-state index in [1.165, 1.54) is 0 Å². The predicted octanol–water partition coefficient (Wildman–Crippen LogP) is 2.06. The maximum Gasteiger partial charge on any atom is 0.222 e. The summed E-state index contributed by atoms with van der Waals surface area (Å²) in [6.07, 6.45) is 1.34. The molecule has 0 atom stereocenters. The third-order valence-electron chi connectivity index (χ3n) is 4.19. The molecule has 1 fully saturated rings. The molecular formula is C17H26N2O3S. The molecule has 0 aromatic heterocycles.